The molecule has 0 aliphatic heterocycles. The van der Waals surface area contributed by atoms with Gasteiger partial charge in [-0.2, -0.15) is 0 Å². The Hall–Kier alpha value is -4.43. The highest BCUT2D eigenvalue weighted by atomic mass is 16.6. The van der Waals surface area contributed by atoms with E-state index in [1.807, 2.05) is 109 Å². The van der Waals surface area contributed by atoms with Crippen LogP contribution < -0.4 is 9.47 Å². The van der Waals surface area contributed by atoms with Gasteiger partial charge in [0.2, 0.25) is 0 Å². The molecule has 0 fully saturated rings. The first-order valence-corrected chi connectivity index (χ1v) is 14.9. The van der Waals surface area contributed by atoms with Crippen LogP contribution in [0.1, 0.15) is 34.6 Å². The van der Waals surface area contributed by atoms with Gasteiger partial charge in [0.25, 0.3) is 0 Å². The van der Waals surface area contributed by atoms with Crippen LogP contribution in [0.5, 0.6) is 11.5 Å². The van der Waals surface area contributed by atoms with Crippen LogP contribution in [0.25, 0.3) is 0 Å². The van der Waals surface area contributed by atoms with Gasteiger partial charge in [-0.25, -0.2) is 0 Å². The number of hydrogen-bond acceptors (Lipinski definition) is 7. The summed E-state index contributed by atoms with van der Waals surface area (Å²) < 4.78 is 36.3. The maximum atomic E-state index is 13.0. The molecule has 0 heterocycles. The molecule has 0 saturated heterocycles. The van der Waals surface area contributed by atoms with E-state index in [4.69, 9.17) is 28.4 Å². The summed E-state index contributed by atoms with van der Waals surface area (Å²) in [6.45, 7) is 5.04. The van der Waals surface area contributed by atoms with E-state index in [0.29, 0.717) is 24.7 Å². The SMILES string of the molecule is C=C[C@H](OCc1ccccc1)[C@@H](OCc1ccccc1)[C@H](OCc1ccccc1)[C@@H](CC(=O)OC)c1ccc(OC)c(OC)c1. The van der Waals surface area contributed by atoms with Crippen LogP contribution >= 0.6 is 0 Å². The van der Waals surface area contributed by atoms with Gasteiger partial charge in [0.05, 0.1) is 53.7 Å². The van der Waals surface area contributed by atoms with E-state index in [-0.39, 0.29) is 19.0 Å². The van der Waals surface area contributed by atoms with Crippen molar-refractivity contribution in [1.82, 2.24) is 0 Å². The Balaban J connectivity index is 1.79. The van der Waals surface area contributed by atoms with Crippen molar-refractivity contribution in [2.75, 3.05) is 21.3 Å². The molecule has 0 N–H and O–H groups in total. The lowest BCUT2D eigenvalue weighted by Crippen LogP contribution is -2.45. The molecule has 0 amide bonds. The predicted octanol–water partition coefficient (Wildman–Crippen LogP) is 7.29. The molecule has 0 aromatic heterocycles. The first kappa shape index (κ1) is 33.5. The minimum absolute atomic E-state index is 0.0270. The molecule has 0 saturated carbocycles. The van der Waals surface area contributed by atoms with Crippen molar-refractivity contribution in [3.8, 4) is 11.5 Å². The molecule has 0 radical (unpaired) electrons. The lowest BCUT2D eigenvalue weighted by atomic mass is 9.85. The second kappa shape index (κ2) is 17.8. The molecule has 7 nitrogen and oxygen atoms in total. The Morgan fingerprint density at radius 3 is 1.60 bits per heavy atom. The zero-order chi connectivity index (χ0) is 31.9. The minimum atomic E-state index is -0.676. The molecular weight excluding hydrogens is 568 g/mol. The zero-order valence-corrected chi connectivity index (χ0v) is 26.2. The Labute approximate surface area is 266 Å². The van der Waals surface area contributed by atoms with Gasteiger partial charge in [-0.1, -0.05) is 103 Å². The second-order valence-corrected chi connectivity index (χ2v) is 10.5. The Bertz CT molecular complexity index is 1440. The Morgan fingerprint density at radius 1 is 0.644 bits per heavy atom. The van der Waals surface area contributed by atoms with E-state index in [0.717, 1.165) is 22.3 Å². The van der Waals surface area contributed by atoms with Crippen LogP contribution in [-0.2, 0) is 43.6 Å². The second-order valence-electron chi connectivity index (χ2n) is 10.5. The smallest absolute Gasteiger partial charge is 0.306 e. The first-order chi connectivity index (χ1) is 22.1. The molecular formula is C38H42O7. The predicted molar refractivity (Wildman–Crippen MR) is 174 cm³/mol. The number of methoxy groups -OCH3 is 3. The average Bonchev–Trinajstić information content (AvgIpc) is 3.10. The van der Waals surface area contributed by atoms with Crippen LogP contribution in [-0.4, -0.2) is 45.6 Å². The molecule has 0 aliphatic rings. The van der Waals surface area contributed by atoms with Crippen LogP contribution in [0.2, 0.25) is 0 Å². The molecule has 4 atom stereocenters. The molecule has 45 heavy (non-hydrogen) atoms. The van der Waals surface area contributed by atoms with Gasteiger partial charge in [0, 0.05) is 5.92 Å². The number of carbonyl (C=O) groups is 1. The van der Waals surface area contributed by atoms with Gasteiger partial charge in [-0.3, -0.25) is 4.79 Å². The number of carbonyl (C=O) groups excluding carboxylic acids is 1. The van der Waals surface area contributed by atoms with E-state index in [1.54, 1.807) is 20.3 Å². The van der Waals surface area contributed by atoms with Gasteiger partial charge in [-0.05, 0) is 34.4 Å². The quantitative estimate of drug-likeness (QED) is 0.0865. The average molecular weight is 611 g/mol. The van der Waals surface area contributed by atoms with Gasteiger partial charge >= 0.3 is 5.97 Å². The van der Waals surface area contributed by atoms with Gasteiger partial charge in [-0.15, -0.1) is 6.58 Å². The fourth-order valence-corrected chi connectivity index (χ4v) is 5.18. The summed E-state index contributed by atoms with van der Waals surface area (Å²) in [5.74, 6) is 0.218. The third-order valence-corrected chi connectivity index (χ3v) is 7.58. The van der Waals surface area contributed by atoms with Crippen molar-refractivity contribution in [2.45, 2.75) is 50.5 Å². The van der Waals surface area contributed by atoms with Gasteiger partial charge in [0.15, 0.2) is 11.5 Å². The highest BCUT2D eigenvalue weighted by Crippen LogP contribution is 2.37. The van der Waals surface area contributed by atoms with Crippen molar-refractivity contribution >= 4 is 5.97 Å². The molecule has 4 aromatic rings. The molecule has 4 rings (SSSR count). The van der Waals surface area contributed by atoms with Crippen LogP contribution in [0, 0.1) is 0 Å². The largest absolute Gasteiger partial charge is 0.493 e. The highest BCUT2D eigenvalue weighted by molar-refractivity contribution is 5.70. The molecule has 0 bridgehead atoms. The zero-order valence-electron chi connectivity index (χ0n) is 26.2. The number of hydrogen-bond donors (Lipinski definition) is 0. The van der Waals surface area contributed by atoms with Crippen molar-refractivity contribution in [2.24, 2.45) is 0 Å². The summed E-state index contributed by atoms with van der Waals surface area (Å²) >= 11 is 0. The molecule has 0 aliphatic carbocycles. The first-order valence-electron chi connectivity index (χ1n) is 14.9. The summed E-state index contributed by atoms with van der Waals surface area (Å²) in [6, 6.07) is 35.3. The third-order valence-electron chi connectivity index (χ3n) is 7.58. The topological polar surface area (TPSA) is 72.5 Å². The molecule has 0 unspecified atom stereocenters. The van der Waals surface area contributed by atoms with E-state index in [1.165, 1.54) is 7.11 Å². The van der Waals surface area contributed by atoms with Crippen molar-refractivity contribution < 1.29 is 33.2 Å². The van der Waals surface area contributed by atoms with Crippen molar-refractivity contribution in [3.63, 3.8) is 0 Å². The number of ether oxygens (including phenoxy) is 6. The fraction of sp³-hybridized carbons (Fsp3) is 0.289. The Kier molecular flexibility index (Phi) is 13.2. The number of rotatable bonds is 18. The monoisotopic (exact) mass is 610 g/mol. The summed E-state index contributed by atoms with van der Waals surface area (Å²) in [5, 5.41) is 0. The molecule has 4 aromatic carbocycles. The summed E-state index contributed by atoms with van der Waals surface area (Å²) in [6.07, 6.45) is -0.168. The van der Waals surface area contributed by atoms with Gasteiger partial charge in [0.1, 0.15) is 12.2 Å². The summed E-state index contributed by atoms with van der Waals surface area (Å²) in [4.78, 5) is 13.0. The van der Waals surface area contributed by atoms with Crippen LogP contribution in [0.15, 0.2) is 122 Å². The molecule has 7 heteroatoms. The minimum Gasteiger partial charge on any atom is -0.493 e. The third kappa shape index (κ3) is 9.78. The maximum absolute atomic E-state index is 13.0. The van der Waals surface area contributed by atoms with Gasteiger partial charge < -0.3 is 28.4 Å². The molecule has 236 valence electrons. The van der Waals surface area contributed by atoms with Crippen LogP contribution in [0.4, 0.5) is 0 Å². The van der Waals surface area contributed by atoms with E-state index in [9.17, 15) is 4.79 Å². The summed E-state index contributed by atoms with van der Waals surface area (Å²) in [7, 11) is 4.55. The van der Waals surface area contributed by atoms with Crippen molar-refractivity contribution in [1.29, 1.82) is 0 Å². The van der Waals surface area contributed by atoms with E-state index in [2.05, 4.69) is 6.58 Å². The molecule has 0 spiro atoms. The maximum Gasteiger partial charge on any atom is 0.306 e. The standard InChI is InChI=1S/C38H42O7/c1-5-33(43-25-28-15-9-6-10-16-28)38(45-27-30-19-13-8-14-20-30)37(44-26-29-17-11-7-12-18-29)32(24-36(39)42-4)31-21-22-34(40-2)35(23-31)41-3/h5-23,32-33,37-38H,1,24-27H2,2-4H3/t32-,33-,37+,38+/m0/s1. The Morgan fingerprint density at radius 2 is 1.13 bits per heavy atom. The summed E-state index contributed by atoms with van der Waals surface area (Å²) in [5.41, 5.74) is 3.79. The lowest BCUT2D eigenvalue weighted by Gasteiger charge is -2.37. The van der Waals surface area contributed by atoms with E-state index >= 15 is 0 Å². The number of benzene rings is 4. The normalized spacial score (nSPS) is 13.7. The van der Waals surface area contributed by atoms with Crippen molar-refractivity contribution in [3.05, 3.63) is 144 Å². The fourth-order valence-electron chi connectivity index (χ4n) is 5.18. The highest BCUT2D eigenvalue weighted by Gasteiger charge is 2.39. The van der Waals surface area contributed by atoms with E-state index < -0.39 is 24.2 Å². The lowest BCUT2D eigenvalue weighted by molar-refractivity contribution is -0.154. The number of esters is 1. The van der Waals surface area contributed by atoms with Crippen LogP contribution in [0.3, 0.4) is 0 Å².